The standard InChI is InChI=1S/C12H19N3O/c1-7(2)9(4)12(16)15-11-5-8(3)10(13)6-14-11/h5-7,9H,13H2,1-4H3,(H,14,15,16). The number of aryl methyl sites for hydroxylation is 1. The van der Waals surface area contributed by atoms with Crippen LogP contribution in [0.25, 0.3) is 0 Å². The van der Waals surface area contributed by atoms with Gasteiger partial charge in [0.1, 0.15) is 5.82 Å². The third kappa shape index (κ3) is 2.95. The number of pyridine rings is 1. The maximum Gasteiger partial charge on any atom is 0.228 e. The van der Waals surface area contributed by atoms with Crippen LogP contribution in [0.5, 0.6) is 0 Å². The maximum atomic E-state index is 11.8. The molecule has 1 unspecified atom stereocenters. The molecule has 0 aliphatic rings. The van der Waals surface area contributed by atoms with Gasteiger partial charge in [0.25, 0.3) is 0 Å². The molecule has 4 nitrogen and oxygen atoms in total. The fraction of sp³-hybridized carbons (Fsp3) is 0.500. The molecule has 0 radical (unpaired) electrons. The largest absolute Gasteiger partial charge is 0.397 e. The molecule has 0 bridgehead atoms. The number of nitrogens with zero attached hydrogens (tertiary/aromatic N) is 1. The Labute approximate surface area is 96.3 Å². The zero-order valence-corrected chi connectivity index (χ0v) is 10.2. The van der Waals surface area contributed by atoms with E-state index in [9.17, 15) is 4.79 Å². The molecule has 0 saturated heterocycles. The number of amides is 1. The van der Waals surface area contributed by atoms with Gasteiger partial charge in [-0.25, -0.2) is 4.98 Å². The number of carbonyl (C=O) groups is 1. The van der Waals surface area contributed by atoms with Gasteiger partial charge in [0, 0.05) is 5.92 Å². The number of nitrogen functional groups attached to an aromatic ring is 1. The van der Waals surface area contributed by atoms with Gasteiger partial charge in [0.15, 0.2) is 0 Å². The average Bonchev–Trinajstić information content (AvgIpc) is 2.22. The second-order valence-electron chi connectivity index (χ2n) is 4.45. The molecule has 0 aliphatic heterocycles. The van der Waals surface area contributed by atoms with E-state index in [0.717, 1.165) is 5.56 Å². The molecule has 4 heteroatoms. The SMILES string of the molecule is Cc1cc(NC(=O)C(C)C(C)C)ncc1N. The summed E-state index contributed by atoms with van der Waals surface area (Å²) in [6.07, 6.45) is 1.56. The number of aromatic nitrogens is 1. The summed E-state index contributed by atoms with van der Waals surface area (Å²) in [5.74, 6) is 0.838. The van der Waals surface area contributed by atoms with Crippen LogP contribution in [-0.4, -0.2) is 10.9 Å². The van der Waals surface area contributed by atoms with Crippen LogP contribution in [0.3, 0.4) is 0 Å². The molecule has 1 amide bonds. The van der Waals surface area contributed by atoms with E-state index >= 15 is 0 Å². The van der Waals surface area contributed by atoms with Crippen LogP contribution in [0.2, 0.25) is 0 Å². The van der Waals surface area contributed by atoms with Crippen LogP contribution in [0.1, 0.15) is 26.3 Å². The number of carbonyl (C=O) groups excluding carboxylic acids is 1. The minimum absolute atomic E-state index is 0.00771. The second-order valence-corrected chi connectivity index (χ2v) is 4.45. The van der Waals surface area contributed by atoms with Crippen LogP contribution < -0.4 is 11.1 Å². The lowest BCUT2D eigenvalue weighted by molar-refractivity contribution is -0.120. The zero-order valence-electron chi connectivity index (χ0n) is 10.2. The van der Waals surface area contributed by atoms with E-state index in [0.29, 0.717) is 17.4 Å². The minimum atomic E-state index is -0.0281. The fourth-order valence-corrected chi connectivity index (χ4v) is 1.18. The summed E-state index contributed by atoms with van der Waals surface area (Å²) in [6.45, 7) is 7.83. The summed E-state index contributed by atoms with van der Waals surface area (Å²) in [7, 11) is 0. The predicted octanol–water partition coefficient (Wildman–Crippen LogP) is 2.20. The smallest absolute Gasteiger partial charge is 0.228 e. The second kappa shape index (κ2) is 4.96. The van der Waals surface area contributed by atoms with Crippen molar-refractivity contribution < 1.29 is 4.79 Å². The van der Waals surface area contributed by atoms with Crippen molar-refractivity contribution in [2.45, 2.75) is 27.7 Å². The van der Waals surface area contributed by atoms with E-state index in [1.807, 2.05) is 27.7 Å². The minimum Gasteiger partial charge on any atom is -0.397 e. The summed E-state index contributed by atoms with van der Waals surface area (Å²) in [5, 5.41) is 2.79. The molecule has 88 valence electrons. The van der Waals surface area contributed by atoms with Gasteiger partial charge < -0.3 is 11.1 Å². The van der Waals surface area contributed by atoms with Gasteiger partial charge in [0.2, 0.25) is 5.91 Å². The Kier molecular flexibility index (Phi) is 3.88. The van der Waals surface area contributed by atoms with Crippen molar-refractivity contribution in [3.8, 4) is 0 Å². The number of hydrogen-bond acceptors (Lipinski definition) is 3. The Morgan fingerprint density at radius 2 is 2.06 bits per heavy atom. The monoisotopic (exact) mass is 221 g/mol. The highest BCUT2D eigenvalue weighted by Crippen LogP contribution is 2.16. The van der Waals surface area contributed by atoms with Crippen LogP contribution in [-0.2, 0) is 4.79 Å². The maximum absolute atomic E-state index is 11.8. The molecule has 1 rings (SSSR count). The quantitative estimate of drug-likeness (QED) is 0.822. The normalized spacial score (nSPS) is 12.6. The Balaban J connectivity index is 2.74. The molecular formula is C12H19N3O. The summed E-state index contributed by atoms with van der Waals surface area (Å²) in [6, 6.07) is 1.78. The number of nitrogens with two attached hydrogens (primary N) is 1. The molecule has 0 saturated carbocycles. The van der Waals surface area contributed by atoms with Crippen molar-refractivity contribution >= 4 is 17.4 Å². The van der Waals surface area contributed by atoms with Crippen LogP contribution in [0.15, 0.2) is 12.3 Å². The van der Waals surface area contributed by atoms with Gasteiger partial charge in [-0.15, -0.1) is 0 Å². The number of anilines is 2. The summed E-state index contributed by atoms with van der Waals surface area (Å²) >= 11 is 0. The van der Waals surface area contributed by atoms with E-state index in [-0.39, 0.29) is 11.8 Å². The fourth-order valence-electron chi connectivity index (χ4n) is 1.18. The highest BCUT2D eigenvalue weighted by molar-refractivity contribution is 5.91. The van der Waals surface area contributed by atoms with E-state index in [4.69, 9.17) is 5.73 Å². The van der Waals surface area contributed by atoms with Gasteiger partial charge in [0.05, 0.1) is 11.9 Å². The molecule has 0 aromatic carbocycles. The average molecular weight is 221 g/mol. The van der Waals surface area contributed by atoms with E-state index in [1.165, 1.54) is 0 Å². The van der Waals surface area contributed by atoms with E-state index in [1.54, 1.807) is 12.3 Å². The molecule has 0 spiro atoms. The number of rotatable bonds is 3. The summed E-state index contributed by atoms with van der Waals surface area (Å²) < 4.78 is 0. The van der Waals surface area contributed by atoms with Gasteiger partial charge >= 0.3 is 0 Å². The van der Waals surface area contributed by atoms with Crippen LogP contribution >= 0.6 is 0 Å². The van der Waals surface area contributed by atoms with Gasteiger partial charge in [-0.05, 0) is 24.5 Å². The van der Waals surface area contributed by atoms with Crippen molar-refractivity contribution in [2.75, 3.05) is 11.1 Å². The topological polar surface area (TPSA) is 68.0 Å². The molecule has 3 N–H and O–H groups in total. The van der Waals surface area contributed by atoms with Crippen molar-refractivity contribution in [2.24, 2.45) is 11.8 Å². The lowest BCUT2D eigenvalue weighted by atomic mass is 9.97. The lowest BCUT2D eigenvalue weighted by Crippen LogP contribution is -2.24. The highest BCUT2D eigenvalue weighted by Gasteiger charge is 2.16. The first-order valence-electron chi connectivity index (χ1n) is 5.44. The Bertz CT molecular complexity index is 388. The van der Waals surface area contributed by atoms with Gasteiger partial charge in [-0.1, -0.05) is 20.8 Å². The molecule has 1 aromatic rings. The van der Waals surface area contributed by atoms with Gasteiger partial charge in [-0.3, -0.25) is 4.79 Å². The number of nitrogens with one attached hydrogen (secondary N) is 1. The molecule has 0 aliphatic carbocycles. The molecular weight excluding hydrogens is 202 g/mol. The third-order valence-electron chi connectivity index (χ3n) is 2.82. The zero-order chi connectivity index (χ0) is 12.3. The number of hydrogen-bond donors (Lipinski definition) is 2. The predicted molar refractivity (Wildman–Crippen MR) is 66.0 cm³/mol. The molecule has 1 aromatic heterocycles. The van der Waals surface area contributed by atoms with E-state index in [2.05, 4.69) is 10.3 Å². The van der Waals surface area contributed by atoms with Crippen molar-refractivity contribution in [1.82, 2.24) is 4.98 Å². The first kappa shape index (κ1) is 12.5. The molecule has 0 fully saturated rings. The van der Waals surface area contributed by atoms with E-state index < -0.39 is 0 Å². The third-order valence-corrected chi connectivity index (χ3v) is 2.82. The molecule has 16 heavy (non-hydrogen) atoms. The van der Waals surface area contributed by atoms with Crippen LogP contribution in [0.4, 0.5) is 11.5 Å². The Hall–Kier alpha value is -1.58. The van der Waals surface area contributed by atoms with Crippen LogP contribution in [0, 0.1) is 18.8 Å². The first-order chi connectivity index (χ1) is 7.41. The van der Waals surface area contributed by atoms with Crippen molar-refractivity contribution in [3.63, 3.8) is 0 Å². The summed E-state index contributed by atoms with van der Waals surface area (Å²) in [4.78, 5) is 15.8. The lowest BCUT2D eigenvalue weighted by Gasteiger charge is -2.15. The van der Waals surface area contributed by atoms with Crippen molar-refractivity contribution in [3.05, 3.63) is 17.8 Å². The molecule has 1 atom stereocenters. The highest BCUT2D eigenvalue weighted by atomic mass is 16.1. The Morgan fingerprint density at radius 1 is 1.44 bits per heavy atom. The molecule has 1 heterocycles. The summed E-state index contributed by atoms with van der Waals surface area (Å²) in [5.41, 5.74) is 7.21. The first-order valence-corrected chi connectivity index (χ1v) is 5.44. The van der Waals surface area contributed by atoms with Gasteiger partial charge in [-0.2, -0.15) is 0 Å². The Morgan fingerprint density at radius 3 is 2.56 bits per heavy atom. The van der Waals surface area contributed by atoms with Crippen molar-refractivity contribution in [1.29, 1.82) is 0 Å².